The van der Waals surface area contributed by atoms with Gasteiger partial charge in [-0.2, -0.15) is 0 Å². The van der Waals surface area contributed by atoms with E-state index in [4.69, 9.17) is 11.6 Å². The van der Waals surface area contributed by atoms with Crippen LogP contribution in [-0.4, -0.2) is 51.0 Å². The van der Waals surface area contributed by atoms with E-state index in [-0.39, 0.29) is 24.3 Å². The number of likely N-dealkylation sites (N-methyl/N-ethyl adjacent to an activating group) is 1. The molecule has 4 aliphatic carbocycles. The molecule has 0 saturated heterocycles. The molecule has 238 valence electrons. The van der Waals surface area contributed by atoms with Crippen molar-refractivity contribution in [2.24, 2.45) is 17.8 Å². The molecule has 7 rings (SSSR count). The van der Waals surface area contributed by atoms with E-state index in [9.17, 15) is 18.0 Å². The molecule has 1 N–H and O–H groups in total. The Morgan fingerprint density at radius 1 is 0.889 bits per heavy atom. The number of halogens is 1. The molecule has 0 heterocycles. The maximum absolute atomic E-state index is 14.2. The second kappa shape index (κ2) is 12.8. The van der Waals surface area contributed by atoms with Gasteiger partial charge in [0.1, 0.15) is 12.6 Å². The number of amides is 2. The highest BCUT2D eigenvalue weighted by Crippen LogP contribution is 2.60. The molecule has 4 saturated carbocycles. The summed E-state index contributed by atoms with van der Waals surface area (Å²) in [4.78, 5) is 29.0. The van der Waals surface area contributed by atoms with Crippen molar-refractivity contribution in [3.05, 3.63) is 101 Å². The quantitative estimate of drug-likeness (QED) is 0.278. The van der Waals surface area contributed by atoms with Crippen LogP contribution in [0.25, 0.3) is 0 Å². The zero-order valence-electron chi connectivity index (χ0n) is 26.0. The molecular formula is C36H42ClN3O4S. The Bertz CT molecular complexity index is 1610. The number of carbonyl (C=O) groups is 2. The van der Waals surface area contributed by atoms with Crippen LogP contribution in [0.3, 0.4) is 0 Å². The summed E-state index contributed by atoms with van der Waals surface area (Å²) in [6.45, 7) is -0.342. The van der Waals surface area contributed by atoms with Gasteiger partial charge >= 0.3 is 0 Å². The molecule has 0 radical (unpaired) electrons. The lowest BCUT2D eigenvalue weighted by molar-refractivity contribution is -0.139. The van der Waals surface area contributed by atoms with Gasteiger partial charge < -0.3 is 10.2 Å². The van der Waals surface area contributed by atoms with Crippen LogP contribution in [0.2, 0.25) is 5.02 Å². The van der Waals surface area contributed by atoms with Gasteiger partial charge in [-0.15, -0.1) is 0 Å². The summed E-state index contributed by atoms with van der Waals surface area (Å²) < 4.78 is 27.6. The van der Waals surface area contributed by atoms with Gasteiger partial charge in [0.2, 0.25) is 21.8 Å². The zero-order valence-corrected chi connectivity index (χ0v) is 27.6. The summed E-state index contributed by atoms with van der Waals surface area (Å²) in [5.74, 6) is 1.59. The van der Waals surface area contributed by atoms with Gasteiger partial charge in [0.15, 0.2) is 0 Å². The van der Waals surface area contributed by atoms with Crippen molar-refractivity contribution in [2.45, 2.75) is 62.9 Å². The minimum absolute atomic E-state index is 0.0902. The Kier molecular flexibility index (Phi) is 8.99. The smallest absolute Gasteiger partial charge is 0.244 e. The lowest BCUT2D eigenvalue weighted by Crippen LogP contribution is -2.52. The normalized spacial score (nSPS) is 24.2. The molecule has 2 amide bonds. The summed E-state index contributed by atoms with van der Waals surface area (Å²) in [6.07, 6.45) is 9.10. The van der Waals surface area contributed by atoms with Gasteiger partial charge in [-0.1, -0.05) is 66.2 Å². The molecule has 9 heteroatoms. The Labute approximate surface area is 272 Å². The third-order valence-corrected chi connectivity index (χ3v) is 11.6. The highest BCUT2D eigenvalue weighted by molar-refractivity contribution is 7.92. The van der Waals surface area contributed by atoms with Crippen LogP contribution in [-0.2, 0) is 38.0 Å². The molecule has 4 fully saturated rings. The van der Waals surface area contributed by atoms with Crippen molar-refractivity contribution in [2.75, 3.05) is 24.2 Å². The molecule has 0 aliphatic heterocycles. The molecule has 1 atom stereocenters. The van der Waals surface area contributed by atoms with E-state index in [1.165, 1.54) is 56.0 Å². The first-order chi connectivity index (χ1) is 21.5. The monoisotopic (exact) mass is 647 g/mol. The van der Waals surface area contributed by atoms with Gasteiger partial charge in [0.25, 0.3) is 0 Å². The lowest BCUT2D eigenvalue weighted by Gasteiger charge is -2.57. The average Bonchev–Trinajstić information content (AvgIpc) is 3.00. The van der Waals surface area contributed by atoms with Crippen LogP contribution in [0.1, 0.15) is 55.2 Å². The van der Waals surface area contributed by atoms with Gasteiger partial charge in [0.05, 0.1) is 11.9 Å². The topological polar surface area (TPSA) is 86.8 Å². The fraction of sp³-hybridized carbons (Fsp3) is 0.444. The summed E-state index contributed by atoms with van der Waals surface area (Å²) >= 11 is 6.27. The number of hydrogen-bond acceptors (Lipinski definition) is 4. The van der Waals surface area contributed by atoms with Crippen molar-refractivity contribution < 1.29 is 18.0 Å². The van der Waals surface area contributed by atoms with E-state index in [1.807, 2.05) is 48.5 Å². The van der Waals surface area contributed by atoms with Crippen LogP contribution >= 0.6 is 11.6 Å². The van der Waals surface area contributed by atoms with Crippen molar-refractivity contribution in [3.63, 3.8) is 0 Å². The molecule has 1 unspecified atom stereocenters. The highest BCUT2D eigenvalue weighted by atomic mass is 35.5. The Hall–Kier alpha value is -3.36. The van der Waals surface area contributed by atoms with Crippen molar-refractivity contribution in [1.82, 2.24) is 10.2 Å². The van der Waals surface area contributed by atoms with Crippen molar-refractivity contribution in [1.29, 1.82) is 0 Å². The first-order valence-electron chi connectivity index (χ1n) is 15.9. The number of sulfonamides is 1. The van der Waals surface area contributed by atoms with Gasteiger partial charge in [-0.05, 0) is 103 Å². The molecule has 4 aliphatic rings. The fourth-order valence-electron chi connectivity index (χ4n) is 8.61. The maximum atomic E-state index is 14.2. The van der Waals surface area contributed by atoms with E-state index >= 15 is 0 Å². The van der Waals surface area contributed by atoms with E-state index in [0.717, 1.165) is 39.4 Å². The van der Waals surface area contributed by atoms with Crippen LogP contribution in [0.4, 0.5) is 5.69 Å². The Balaban J connectivity index is 1.29. The zero-order chi connectivity index (χ0) is 31.8. The van der Waals surface area contributed by atoms with Gasteiger partial charge in [0, 0.05) is 25.0 Å². The van der Waals surface area contributed by atoms with E-state index in [2.05, 4.69) is 17.4 Å². The number of nitrogens with one attached hydrogen (secondary N) is 1. The molecule has 4 bridgehead atoms. The minimum atomic E-state index is -3.83. The molecular weight excluding hydrogens is 606 g/mol. The molecule has 7 nitrogen and oxygen atoms in total. The number of rotatable bonds is 11. The average molecular weight is 648 g/mol. The lowest BCUT2D eigenvalue weighted by atomic mass is 9.48. The van der Waals surface area contributed by atoms with Crippen molar-refractivity contribution >= 4 is 39.1 Å². The molecule has 3 aromatic rings. The third-order valence-electron chi connectivity index (χ3n) is 10.2. The standard InChI is InChI=1S/C36H42ClN3O4S/c1-38-35(42)33(19-25-7-4-3-5-8-25)39(23-26-9-6-10-31(37)18-26)34(41)24-40(45(2,43)44)32-13-11-30(12-14-32)36-20-27-15-28(21-36)17-29(16-27)22-36/h3-14,18,27-29,33H,15-17,19-24H2,1-2H3,(H,38,42). The SMILES string of the molecule is CNC(=O)C(Cc1ccccc1)N(Cc1cccc(Cl)c1)C(=O)CN(c1ccc(C23CC4CC(CC(C4)C2)C3)cc1)S(C)(=O)=O. The number of hydrogen-bond donors (Lipinski definition) is 1. The van der Waals surface area contributed by atoms with Crippen LogP contribution in [0, 0.1) is 17.8 Å². The van der Waals surface area contributed by atoms with Crippen LogP contribution < -0.4 is 9.62 Å². The van der Waals surface area contributed by atoms with Gasteiger partial charge in [-0.3, -0.25) is 13.9 Å². The molecule has 45 heavy (non-hydrogen) atoms. The summed E-state index contributed by atoms with van der Waals surface area (Å²) in [5, 5.41) is 3.21. The second-order valence-corrected chi connectivity index (χ2v) is 15.8. The molecule has 0 aromatic heterocycles. The predicted molar refractivity (Wildman–Crippen MR) is 178 cm³/mol. The molecule has 0 spiro atoms. The molecule has 3 aromatic carbocycles. The third kappa shape index (κ3) is 6.92. The number of benzene rings is 3. The summed E-state index contributed by atoms with van der Waals surface area (Å²) in [6, 6.07) is 23.6. The second-order valence-electron chi connectivity index (χ2n) is 13.5. The first kappa shape index (κ1) is 31.6. The number of carbonyl (C=O) groups excluding carboxylic acids is 2. The summed E-state index contributed by atoms with van der Waals surface area (Å²) in [5.41, 5.74) is 3.54. The number of nitrogens with zero attached hydrogens (tertiary/aromatic N) is 2. The van der Waals surface area contributed by atoms with E-state index < -0.39 is 28.5 Å². The fourth-order valence-corrected chi connectivity index (χ4v) is 9.67. The maximum Gasteiger partial charge on any atom is 0.244 e. The minimum Gasteiger partial charge on any atom is -0.357 e. The number of anilines is 1. The highest BCUT2D eigenvalue weighted by Gasteiger charge is 2.51. The van der Waals surface area contributed by atoms with Crippen molar-refractivity contribution in [3.8, 4) is 0 Å². The summed E-state index contributed by atoms with van der Waals surface area (Å²) in [7, 11) is -2.29. The van der Waals surface area contributed by atoms with Gasteiger partial charge in [-0.25, -0.2) is 8.42 Å². The predicted octanol–water partition coefficient (Wildman–Crippen LogP) is 5.96. The largest absolute Gasteiger partial charge is 0.357 e. The van der Waals surface area contributed by atoms with E-state index in [1.54, 1.807) is 18.2 Å². The van der Waals surface area contributed by atoms with Crippen LogP contribution in [0.15, 0.2) is 78.9 Å². The van der Waals surface area contributed by atoms with E-state index in [0.29, 0.717) is 10.7 Å². The van der Waals surface area contributed by atoms with Crippen LogP contribution in [0.5, 0.6) is 0 Å². The Morgan fingerprint density at radius 3 is 2.04 bits per heavy atom. The first-order valence-corrected chi connectivity index (χ1v) is 18.1. The Morgan fingerprint density at radius 2 is 1.49 bits per heavy atom.